The lowest BCUT2D eigenvalue weighted by Gasteiger charge is -2.34. The second kappa shape index (κ2) is 8.43. The number of fused-ring (bicyclic) bond motifs is 1. The first-order valence-electron chi connectivity index (χ1n) is 9.64. The Hall–Kier alpha value is -1.94. The van der Waals surface area contributed by atoms with E-state index < -0.39 is 0 Å². The van der Waals surface area contributed by atoms with Crippen LogP contribution >= 0.6 is 27.3 Å². The molecule has 0 amide bonds. The van der Waals surface area contributed by atoms with Crippen molar-refractivity contribution in [3.8, 4) is 22.2 Å². The van der Waals surface area contributed by atoms with Gasteiger partial charge in [-0.25, -0.2) is 0 Å². The highest BCUT2D eigenvalue weighted by Crippen LogP contribution is 2.36. The van der Waals surface area contributed by atoms with Crippen LogP contribution in [-0.4, -0.2) is 59.3 Å². The molecule has 0 spiro atoms. The summed E-state index contributed by atoms with van der Waals surface area (Å²) in [4.78, 5) is 10.4. The molecule has 3 aromatic rings. The third kappa shape index (κ3) is 4.32. The lowest BCUT2D eigenvalue weighted by molar-refractivity contribution is 0.111. The summed E-state index contributed by atoms with van der Waals surface area (Å²) in [6.07, 6.45) is 0. The zero-order valence-corrected chi connectivity index (χ0v) is 18.2. The number of hydrogen-bond donors (Lipinski definition) is 0. The molecule has 0 N–H and O–H groups in total. The number of ether oxygens (including phenoxy) is 2. The first-order valence-corrected chi connectivity index (χ1v) is 11.3. The predicted molar refractivity (Wildman–Crippen MR) is 113 cm³/mol. The van der Waals surface area contributed by atoms with E-state index in [0.717, 1.165) is 53.6 Å². The third-order valence-corrected chi connectivity index (χ3v) is 6.74. The van der Waals surface area contributed by atoms with Gasteiger partial charge in [0, 0.05) is 37.2 Å². The van der Waals surface area contributed by atoms with Gasteiger partial charge in [-0.05, 0) is 29.1 Å². The van der Waals surface area contributed by atoms with E-state index in [4.69, 9.17) is 14.0 Å². The van der Waals surface area contributed by atoms with E-state index in [1.807, 2.05) is 23.6 Å². The minimum absolute atomic E-state index is 0.607. The van der Waals surface area contributed by atoms with Crippen molar-refractivity contribution >= 4 is 27.3 Å². The maximum atomic E-state index is 5.73. The lowest BCUT2D eigenvalue weighted by atomic mass is 10.1. The summed E-state index contributed by atoms with van der Waals surface area (Å²) in [6, 6.07) is 8.11. The van der Waals surface area contributed by atoms with E-state index in [0.29, 0.717) is 31.5 Å². The fourth-order valence-electron chi connectivity index (χ4n) is 3.59. The molecule has 0 bridgehead atoms. The first-order chi connectivity index (χ1) is 14.2. The predicted octanol–water partition coefficient (Wildman–Crippen LogP) is 3.65. The highest BCUT2D eigenvalue weighted by Gasteiger charge is 2.22. The number of thiophene rings is 1. The van der Waals surface area contributed by atoms with Crippen molar-refractivity contribution in [1.29, 1.82) is 0 Å². The van der Waals surface area contributed by atoms with Gasteiger partial charge in [-0.15, -0.1) is 11.3 Å². The van der Waals surface area contributed by atoms with E-state index >= 15 is 0 Å². The topological polar surface area (TPSA) is 63.9 Å². The van der Waals surface area contributed by atoms with E-state index in [-0.39, 0.29) is 0 Å². The van der Waals surface area contributed by atoms with Crippen LogP contribution in [0.15, 0.2) is 38.6 Å². The number of aromatic nitrogens is 2. The van der Waals surface area contributed by atoms with Crippen LogP contribution in [0.1, 0.15) is 11.5 Å². The Labute approximate surface area is 181 Å². The highest BCUT2D eigenvalue weighted by atomic mass is 79.9. The third-order valence-electron chi connectivity index (χ3n) is 5.14. The number of piperazine rings is 1. The van der Waals surface area contributed by atoms with E-state index in [1.165, 1.54) is 5.56 Å². The van der Waals surface area contributed by atoms with Crippen molar-refractivity contribution in [3.63, 3.8) is 0 Å². The fraction of sp³-hybridized carbons (Fsp3) is 0.400. The van der Waals surface area contributed by atoms with Gasteiger partial charge in [0.15, 0.2) is 11.5 Å². The molecule has 7 nitrogen and oxygen atoms in total. The molecular formula is C20H21BrN4O3S. The van der Waals surface area contributed by atoms with Crippen molar-refractivity contribution in [2.75, 3.05) is 39.4 Å². The molecule has 5 rings (SSSR count). The van der Waals surface area contributed by atoms with Gasteiger partial charge in [0.2, 0.25) is 11.7 Å². The standard InChI is InChI=1S/C20H21BrN4O3S/c21-15-11-17-16(26-7-8-27-17)10-14(15)12-24-3-5-25(6-4-24)13-19-22-20(23-28-19)18-2-1-9-29-18/h1-2,9-11H,3-8,12-13H2. The second-order valence-electron chi connectivity index (χ2n) is 7.13. The molecule has 1 saturated heterocycles. The van der Waals surface area contributed by atoms with E-state index in [2.05, 4.69) is 41.9 Å². The van der Waals surface area contributed by atoms with Crippen LogP contribution in [0.2, 0.25) is 0 Å². The highest BCUT2D eigenvalue weighted by molar-refractivity contribution is 9.10. The summed E-state index contributed by atoms with van der Waals surface area (Å²) in [5, 5.41) is 6.12. The van der Waals surface area contributed by atoms with Crippen molar-refractivity contribution in [2.24, 2.45) is 0 Å². The molecule has 152 valence electrons. The maximum Gasteiger partial charge on any atom is 0.241 e. The average molecular weight is 477 g/mol. The van der Waals surface area contributed by atoms with Crippen LogP contribution in [0.3, 0.4) is 0 Å². The Morgan fingerprint density at radius 2 is 1.72 bits per heavy atom. The number of nitrogens with zero attached hydrogens (tertiary/aromatic N) is 4. The molecule has 2 aliphatic rings. The van der Waals surface area contributed by atoms with Crippen LogP contribution in [0, 0.1) is 0 Å². The Balaban J connectivity index is 1.16. The Morgan fingerprint density at radius 1 is 1.00 bits per heavy atom. The molecule has 1 aromatic carbocycles. The molecule has 4 heterocycles. The largest absolute Gasteiger partial charge is 0.486 e. The number of hydrogen-bond acceptors (Lipinski definition) is 8. The van der Waals surface area contributed by atoms with Gasteiger partial charge in [-0.1, -0.05) is 27.2 Å². The van der Waals surface area contributed by atoms with Gasteiger partial charge >= 0.3 is 0 Å². The van der Waals surface area contributed by atoms with Gasteiger partial charge in [0.1, 0.15) is 13.2 Å². The van der Waals surface area contributed by atoms with Gasteiger partial charge in [0.25, 0.3) is 0 Å². The molecule has 2 aliphatic heterocycles. The monoisotopic (exact) mass is 476 g/mol. The van der Waals surface area contributed by atoms with Gasteiger partial charge in [-0.2, -0.15) is 4.98 Å². The summed E-state index contributed by atoms with van der Waals surface area (Å²) in [5.41, 5.74) is 1.22. The molecule has 1 fully saturated rings. The lowest BCUT2D eigenvalue weighted by Crippen LogP contribution is -2.45. The number of benzene rings is 1. The second-order valence-corrected chi connectivity index (χ2v) is 8.93. The minimum Gasteiger partial charge on any atom is -0.486 e. The molecule has 29 heavy (non-hydrogen) atoms. The Bertz CT molecular complexity index is 970. The van der Waals surface area contributed by atoms with Crippen LogP contribution in [0.4, 0.5) is 0 Å². The van der Waals surface area contributed by atoms with Crippen LogP contribution in [0.25, 0.3) is 10.7 Å². The molecule has 2 aromatic heterocycles. The summed E-state index contributed by atoms with van der Waals surface area (Å²) >= 11 is 5.30. The van der Waals surface area contributed by atoms with Crippen molar-refractivity contribution < 1.29 is 14.0 Å². The summed E-state index contributed by atoms with van der Waals surface area (Å²) < 4.78 is 17.9. The first kappa shape index (κ1) is 19.0. The summed E-state index contributed by atoms with van der Waals surface area (Å²) in [5.74, 6) is 3.01. The molecule has 0 unspecified atom stereocenters. The minimum atomic E-state index is 0.607. The zero-order chi connectivity index (χ0) is 19.6. The van der Waals surface area contributed by atoms with Crippen LogP contribution in [0.5, 0.6) is 11.5 Å². The molecule has 0 atom stereocenters. The van der Waals surface area contributed by atoms with E-state index in [9.17, 15) is 0 Å². The maximum absolute atomic E-state index is 5.73. The Kier molecular flexibility index (Phi) is 5.54. The van der Waals surface area contributed by atoms with Crippen molar-refractivity contribution in [3.05, 3.63) is 45.6 Å². The van der Waals surface area contributed by atoms with Crippen LogP contribution in [-0.2, 0) is 13.1 Å². The average Bonchev–Trinajstić information content (AvgIpc) is 3.42. The summed E-state index contributed by atoms with van der Waals surface area (Å²) in [7, 11) is 0. The van der Waals surface area contributed by atoms with Gasteiger partial charge in [0.05, 0.1) is 11.4 Å². The zero-order valence-electron chi connectivity index (χ0n) is 15.8. The molecule has 9 heteroatoms. The normalized spacial score (nSPS) is 17.6. The number of halogens is 1. The van der Waals surface area contributed by atoms with Gasteiger partial charge in [-0.3, -0.25) is 9.80 Å². The quantitative estimate of drug-likeness (QED) is 0.556. The Morgan fingerprint density at radius 3 is 2.45 bits per heavy atom. The summed E-state index contributed by atoms with van der Waals surface area (Å²) in [6.45, 7) is 6.72. The van der Waals surface area contributed by atoms with Crippen LogP contribution < -0.4 is 9.47 Å². The molecular weight excluding hydrogens is 456 g/mol. The molecule has 0 aliphatic carbocycles. The molecule has 0 saturated carbocycles. The smallest absolute Gasteiger partial charge is 0.241 e. The van der Waals surface area contributed by atoms with Crippen molar-refractivity contribution in [1.82, 2.24) is 19.9 Å². The van der Waals surface area contributed by atoms with Gasteiger partial charge < -0.3 is 14.0 Å². The number of rotatable bonds is 5. The SMILES string of the molecule is Brc1cc2c(cc1CN1CCN(Cc3nc(-c4cccs4)no3)CC1)OCCO2. The van der Waals surface area contributed by atoms with Crippen molar-refractivity contribution in [2.45, 2.75) is 13.1 Å². The van der Waals surface area contributed by atoms with E-state index in [1.54, 1.807) is 11.3 Å². The fourth-order valence-corrected chi connectivity index (χ4v) is 4.69. The molecule has 0 radical (unpaired) electrons.